The van der Waals surface area contributed by atoms with Crippen LogP contribution in [0, 0.1) is 17.3 Å². The highest BCUT2D eigenvalue weighted by atomic mass is 16.6. The predicted molar refractivity (Wildman–Crippen MR) is 105 cm³/mol. The topological polar surface area (TPSA) is 52.6 Å². The molecule has 0 N–H and O–H groups in total. The molecule has 4 heteroatoms. The zero-order valence-electron chi connectivity index (χ0n) is 17.1. The highest BCUT2D eigenvalue weighted by Gasteiger charge is 2.58. The van der Waals surface area contributed by atoms with Gasteiger partial charge in [0.2, 0.25) is 0 Å². The first kappa shape index (κ1) is 20.2. The third kappa shape index (κ3) is 3.86. The van der Waals surface area contributed by atoms with Gasteiger partial charge in [0.1, 0.15) is 12.2 Å². The molecule has 0 spiro atoms. The molecule has 0 bridgehead atoms. The molecule has 3 rings (SSSR count). The van der Waals surface area contributed by atoms with Crippen molar-refractivity contribution in [3.8, 4) is 0 Å². The number of hydrogen-bond donors (Lipinski definition) is 0. The van der Waals surface area contributed by atoms with Crippen molar-refractivity contribution in [2.75, 3.05) is 0 Å². The third-order valence-corrected chi connectivity index (χ3v) is 7.02. The van der Waals surface area contributed by atoms with Gasteiger partial charge < -0.3 is 9.47 Å². The minimum atomic E-state index is -0.256. The third-order valence-electron chi connectivity index (χ3n) is 7.02. The maximum Gasteiger partial charge on any atom is 0.334 e. The summed E-state index contributed by atoms with van der Waals surface area (Å²) in [6, 6.07) is 0. The Morgan fingerprint density at radius 3 is 2.81 bits per heavy atom. The molecule has 0 amide bonds. The normalized spacial score (nSPS) is 35.1. The van der Waals surface area contributed by atoms with Gasteiger partial charge in [-0.1, -0.05) is 57.8 Å². The standard InChI is InChI=1S/C23H34O4/c1-5-6-7-8-9-10-19(24)26-18-12-11-15(2)20-21-17(13-14-23(18,20)4)16(3)22(25)27-21/h11,17-18,20-21H,3,5-10,12-14H2,1-2,4H3/t17-,18+,20+,21-,23-/m0/s1. The van der Waals surface area contributed by atoms with E-state index in [0.29, 0.717) is 12.0 Å². The molecular weight excluding hydrogens is 340 g/mol. The predicted octanol–water partition coefficient (Wildman–Crippen LogP) is 5.12. The molecule has 5 atom stereocenters. The minimum absolute atomic E-state index is 0.0839. The van der Waals surface area contributed by atoms with Crippen molar-refractivity contribution in [1.82, 2.24) is 0 Å². The van der Waals surface area contributed by atoms with Gasteiger partial charge in [0.05, 0.1) is 0 Å². The summed E-state index contributed by atoms with van der Waals surface area (Å²) >= 11 is 0. The highest BCUT2D eigenvalue weighted by Crippen LogP contribution is 2.56. The number of ether oxygens (including phenoxy) is 2. The van der Waals surface area contributed by atoms with Gasteiger partial charge in [0.15, 0.2) is 0 Å². The van der Waals surface area contributed by atoms with Crippen LogP contribution in [0.2, 0.25) is 0 Å². The maximum absolute atomic E-state index is 12.4. The number of rotatable bonds is 7. The molecule has 4 nitrogen and oxygen atoms in total. The summed E-state index contributed by atoms with van der Waals surface area (Å²) in [6.45, 7) is 10.5. The lowest BCUT2D eigenvalue weighted by molar-refractivity contribution is -0.169. The lowest BCUT2D eigenvalue weighted by atomic mass is 9.55. The first-order valence-corrected chi connectivity index (χ1v) is 10.6. The lowest BCUT2D eigenvalue weighted by Gasteiger charge is -2.52. The molecule has 1 heterocycles. The number of carbonyl (C=O) groups is 2. The molecule has 0 aromatic rings. The Kier molecular flexibility index (Phi) is 6.12. The van der Waals surface area contributed by atoms with E-state index in [-0.39, 0.29) is 41.4 Å². The van der Waals surface area contributed by atoms with E-state index in [1.54, 1.807) is 0 Å². The summed E-state index contributed by atoms with van der Waals surface area (Å²) in [5.74, 6) is -0.130. The van der Waals surface area contributed by atoms with Gasteiger partial charge in [-0.25, -0.2) is 4.79 Å². The summed E-state index contributed by atoms with van der Waals surface area (Å²) in [4.78, 5) is 24.5. The molecule has 3 aliphatic rings. The molecule has 0 aromatic heterocycles. The number of esters is 2. The lowest BCUT2D eigenvalue weighted by Crippen LogP contribution is -2.53. The molecule has 0 unspecified atom stereocenters. The van der Waals surface area contributed by atoms with E-state index in [0.717, 1.165) is 32.1 Å². The zero-order chi connectivity index (χ0) is 19.6. The van der Waals surface area contributed by atoms with Crippen molar-refractivity contribution in [1.29, 1.82) is 0 Å². The van der Waals surface area contributed by atoms with Crippen LogP contribution in [-0.2, 0) is 19.1 Å². The Bertz CT molecular complexity index is 634. The van der Waals surface area contributed by atoms with Gasteiger partial charge in [-0.15, -0.1) is 0 Å². The van der Waals surface area contributed by atoms with Crippen LogP contribution < -0.4 is 0 Å². The van der Waals surface area contributed by atoms with Crippen LogP contribution in [0.4, 0.5) is 0 Å². The van der Waals surface area contributed by atoms with Crippen molar-refractivity contribution in [3.63, 3.8) is 0 Å². The maximum atomic E-state index is 12.4. The first-order valence-electron chi connectivity index (χ1n) is 10.6. The fourth-order valence-corrected chi connectivity index (χ4v) is 5.37. The summed E-state index contributed by atoms with van der Waals surface area (Å²) in [6.07, 6.45) is 10.6. The van der Waals surface area contributed by atoms with Gasteiger partial charge in [0.25, 0.3) is 0 Å². The second-order valence-electron chi connectivity index (χ2n) is 8.85. The molecular formula is C23H34O4. The van der Waals surface area contributed by atoms with Crippen molar-refractivity contribution in [2.45, 2.75) is 90.8 Å². The Morgan fingerprint density at radius 1 is 1.33 bits per heavy atom. The average molecular weight is 375 g/mol. The number of carbonyl (C=O) groups excluding carboxylic acids is 2. The second kappa shape index (κ2) is 8.20. The molecule has 150 valence electrons. The fourth-order valence-electron chi connectivity index (χ4n) is 5.37. The number of unbranched alkanes of at least 4 members (excludes halogenated alkanes) is 4. The average Bonchev–Trinajstić information content (AvgIpc) is 2.91. The quantitative estimate of drug-likeness (QED) is 0.268. The van der Waals surface area contributed by atoms with Crippen LogP contribution in [0.5, 0.6) is 0 Å². The molecule has 2 aliphatic carbocycles. The monoisotopic (exact) mass is 374 g/mol. The fraction of sp³-hybridized carbons (Fsp3) is 0.739. The Morgan fingerprint density at radius 2 is 2.07 bits per heavy atom. The Hall–Kier alpha value is -1.58. The van der Waals surface area contributed by atoms with Crippen LogP contribution >= 0.6 is 0 Å². The highest BCUT2D eigenvalue weighted by molar-refractivity contribution is 5.91. The SMILES string of the molecule is C=C1C(=O)O[C@@H]2[C@H]3C(C)=CC[C@@H](OC(=O)CCCCCCC)[C@]3(C)CC[C@@H]12. The van der Waals surface area contributed by atoms with Crippen LogP contribution in [0.15, 0.2) is 23.8 Å². The number of fused-ring (bicyclic) bond motifs is 3. The van der Waals surface area contributed by atoms with Crippen molar-refractivity contribution < 1.29 is 19.1 Å². The summed E-state index contributed by atoms with van der Waals surface area (Å²) < 4.78 is 11.7. The molecule has 1 aliphatic heterocycles. The van der Waals surface area contributed by atoms with E-state index in [1.807, 2.05) is 0 Å². The smallest absolute Gasteiger partial charge is 0.334 e. The summed E-state index contributed by atoms with van der Waals surface area (Å²) in [5.41, 5.74) is 1.69. The Balaban J connectivity index is 1.66. The van der Waals surface area contributed by atoms with E-state index < -0.39 is 0 Å². The molecule has 2 fully saturated rings. The van der Waals surface area contributed by atoms with E-state index in [2.05, 4.69) is 33.4 Å². The molecule has 27 heavy (non-hydrogen) atoms. The van der Waals surface area contributed by atoms with Crippen molar-refractivity contribution in [3.05, 3.63) is 23.8 Å². The second-order valence-corrected chi connectivity index (χ2v) is 8.85. The van der Waals surface area contributed by atoms with Crippen LogP contribution in [0.3, 0.4) is 0 Å². The van der Waals surface area contributed by atoms with Gasteiger partial charge in [-0.3, -0.25) is 4.79 Å². The van der Waals surface area contributed by atoms with Gasteiger partial charge >= 0.3 is 11.9 Å². The molecule has 1 saturated heterocycles. The summed E-state index contributed by atoms with van der Waals surface area (Å²) in [7, 11) is 0. The molecule has 0 radical (unpaired) electrons. The number of hydrogen-bond acceptors (Lipinski definition) is 4. The zero-order valence-corrected chi connectivity index (χ0v) is 17.1. The molecule has 1 saturated carbocycles. The van der Waals surface area contributed by atoms with Gasteiger partial charge in [-0.05, 0) is 26.2 Å². The van der Waals surface area contributed by atoms with E-state index in [1.165, 1.54) is 24.8 Å². The summed E-state index contributed by atoms with van der Waals surface area (Å²) in [5, 5.41) is 0. The van der Waals surface area contributed by atoms with Crippen LogP contribution in [-0.4, -0.2) is 24.1 Å². The van der Waals surface area contributed by atoms with Gasteiger partial charge in [-0.2, -0.15) is 0 Å². The van der Waals surface area contributed by atoms with Gasteiger partial charge in [0, 0.05) is 35.7 Å². The van der Waals surface area contributed by atoms with E-state index >= 15 is 0 Å². The Labute approximate surface area is 163 Å². The largest absolute Gasteiger partial charge is 0.461 e. The minimum Gasteiger partial charge on any atom is -0.461 e. The van der Waals surface area contributed by atoms with Crippen molar-refractivity contribution >= 4 is 11.9 Å². The van der Waals surface area contributed by atoms with Crippen LogP contribution in [0.1, 0.15) is 78.6 Å². The van der Waals surface area contributed by atoms with Crippen molar-refractivity contribution in [2.24, 2.45) is 17.3 Å². The van der Waals surface area contributed by atoms with E-state index in [4.69, 9.17) is 9.47 Å². The first-order chi connectivity index (χ1) is 12.9. The van der Waals surface area contributed by atoms with Crippen LogP contribution in [0.25, 0.3) is 0 Å². The molecule has 0 aromatic carbocycles. The van der Waals surface area contributed by atoms with E-state index in [9.17, 15) is 9.59 Å².